The molecule has 1 fully saturated rings. The molecule has 6 heteroatoms. The molecule has 1 rings (SSSR count). The Hall–Kier alpha value is -1.40. The third-order valence-corrected chi connectivity index (χ3v) is 4.01. The van der Waals surface area contributed by atoms with E-state index in [1.165, 1.54) is 5.06 Å². The van der Waals surface area contributed by atoms with Crippen molar-refractivity contribution in [3.05, 3.63) is 11.1 Å². The molecule has 1 N–H and O–H groups in total. The lowest BCUT2D eigenvalue weighted by Crippen LogP contribution is -2.57. The second kappa shape index (κ2) is 7.45. The highest BCUT2D eigenvalue weighted by atomic mass is 16.5. The quantitative estimate of drug-likeness (QED) is 0.618. The average Bonchev–Trinajstić information content (AvgIpc) is 2.42. The van der Waals surface area contributed by atoms with E-state index in [9.17, 15) is 14.8 Å². The summed E-state index contributed by atoms with van der Waals surface area (Å²) in [4.78, 5) is 24.2. The SMILES string of the molecule is CCOC(=O)CC(C(=O)OCC)=C1CC(C)(C)N(O)C(C)(C)C1. The maximum absolute atomic E-state index is 12.3. The van der Waals surface area contributed by atoms with Crippen LogP contribution in [-0.4, -0.2) is 46.5 Å². The monoisotopic (exact) mass is 327 g/mol. The van der Waals surface area contributed by atoms with E-state index in [1.54, 1.807) is 13.8 Å². The van der Waals surface area contributed by atoms with E-state index in [-0.39, 0.29) is 19.6 Å². The molecule has 0 saturated carbocycles. The highest BCUT2D eigenvalue weighted by Gasteiger charge is 2.44. The normalized spacial score (nSPS) is 20.0. The Morgan fingerprint density at radius 3 is 1.96 bits per heavy atom. The second-order valence-corrected chi connectivity index (χ2v) is 7.07. The molecular weight excluding hydrogens is 298 g/mol. The van der Waals surface area contributed by atoms with Crippen LogP contribution in [0.4, 0.5) is 0 Å². The van der Waals surface area contributed by atoms with Crippen molar-refractivity contribution in [2.24, 2.45) is 0 Å². The van der Waals surface area contributed by atoms with Gasteiger partial charge in [0.2, 0.25) is 0 Å². The predicted molar refractivity (Wildman–Crippen MR) is 85.9 cm³/mol. The van der Waals surface area contributed by atoms with Crippen LogP contribution < -0.4 is 0 Å². The first-order chi connectivity index (χ1) is 10.5. The summed E-state index contributed by atoms with van der Waals surface area (Å²) in [6.07, 6.45) is 0.876. The molecule has 0 bridgehead atoms. The number of hydrogen-bond donors (Lipinski definition) is 1. The number of hydroxylamine groups is 2. The number of ether oxygens (including phenoxy) is 2. The predicted octanol–water partition coefficient (Wildman–Crippen LogP) is 2.84. The van der Waals surface area contributed by atoms with Gasteiger partial charge in [0.15, 0.2) is 0 Å². The lowest BCUT2D eigenvalue weighted by molar-refractivity contribution is -0.233. The first kappa shape index (κ1) is 19.6. The van der Waals surface area contributed by atoms with Crippen molar-refractivity contribution in [2.45, 2.75) is 71.9 Å². The number of carbonyl (C=O) groups excluding carboxylic acids is 2. The topological polar surface area (TPSA) is 76.1 Å². The number of nitrogens with zero attached hydrogens (tertiary/aromatic N) is 1. The van der Waals surface area contributed by atoms with Gasteiger partial charge in [-0.3, -0.25) is 4.79 Å². The molecule has 0 aromatic rings. The lowest BCUT2D eigenvalue weighted by atomic mass is 9.76. The van der Waals surface area contributed by atoms with Crippen LogP contribution in [0.2, 0.25) is 0 Å². The van der Waals surface area contributed by atoms with E-state index in [0.717, 1.165) is 5.57 Å². The second-order valence-electron chi connectivity index (χ2n) is 7.07. The molecule has 6 nitrogen and oxygen atoms in total. The van der Waals surface area contributed by atoms with Gasteiger partial charge in [-0.15, -0.1) is 0 Å². The zero-order valence-electron chi connectivity index (χ0n) is 15.1. The number of hydrogen-bond acceptors (Lipinski definition) is 6. The van der Waals surface area contributed by atoms with Crippen LogP contribution in [0.1, 0.15) is 60.8 Å². The minimum Gasteiger partial charge on any atom is -0.466 e. The van der Waals surface area contributed by atoms with Crippen molar-refractivity contribution in [1.29, 1.82) is 0 Å². The van der Waals surface area contributed by atoms with E-state index in [2.05, 4.69) is 0 Å². The first-order valence-electron chi connectivity index (χ1n) is 8.08. The van der Waals surface area contributed by atoms with Crippen LogP contribution in [0.25, 0.3) is 0 Å². The lowest BCUT2D eigenvalue weighted by Gasteiger charge is -2.49. The summed E-state index contributed by atoms with van der Waals surface area (Å²) in [5.74, 6) is -0.918. The molecule has 0 aliphatic carbocycles. The largest absolute Gasteiger partial charge is 0.466 e. The highest BCUT2D eigenvalue weighted by Crippen LogP contribution is 2.41. The van der Waals surface area contributed by atoms with Gasteiger partial charge in [-0.2, -0.15) is 5.06 Å². The molecule has 23 heavy (non-hydrogen) atoms. The molecule has 0 radical (unpaired) electrons. The third-order valence-electron chi connectivity index (χ3n) is 4.01. The van der Waals surface area contributed by atoms with Crippen LogP contribution in [-0.2, 0) is 19.1 Å². The Kier molecular flexibility index (Phi) is 6.36. The van der Waals surface area contributed by atoms with Crippen molar-refractivity contribution in [1.82, 2.24) is 5.06 Å². The number of piperidine rings is 1. The molecule has 1 aliphatic heterocycles. The Bertz CT molecular complexity index is 473. The minimum absolute atomic E-state index is 0.0976. The van der Waals surface area contributed by atoms with E-state index in [0.29, 0.717) is 18.4 Å². The van der Waals surface area contributed by atoms with E-state index in [1.807, 2.05) is 27.7 Å². The Morgan fingerprint density at radius 1 is 1.04 bits per heavy atom. The summed E-state index contributed by atoms with van der Waals surface area (Å²) in [5.41, 5.74) is 0.129. The van der Waals surface area contributed by atoms with Crippen molar-refractivity contribution >= 4 is 11.9 Å². The van der Waals surface area contributed by atoms with Gasteiger partial charge < -0.3 is 14.7 Å². The zero-order chi connectivity index (χ0) is 17.8. The molecule has 0 aromatic carbocycles. The van der Waals surface area contributed by atoms with E-state index < -0.39 is 23.0 Å². The smallest absolute Gasteiger partial charge is 0.334 e. The molecule has 0 atom stereocenters. The summed E-state index contributed by atoms with van der Waals surface area (Å²) < 4.78 is 10.1. The first-order valence-corrected chi connectivity index (χ1v) is 8.08. The minimum atomic E-state index is -0.538. The Labute approximate surface area is 138 Å². The summed E-state index contributed by atoms with van der Waals surface area (Å²) in [7, 11) is 0. The average molecular weight is 327 g/mol. The van der Waals surface area contributed by atoms with Crippen molar-refractivity contribution in [2.75, 3.05) is 13.2 Å². The van der Waals surface area contributed by atoms with E-state index >= 15 is 0 Å². The Morgan fingerprint density at radius 2 is 1.52 bits per heavy atom. The molecule has 0 unspecified atom stereocenters. The van der Waals surface area contributed by atoms with Crippen LogP contribution in [0, 0.1) is 0 Å². The van der Waals surface area contributed by atoms with Gasteiger partial charge in [0.25, 0.3) is 0 Å². The number of rotatable bonds is 5. The van der Waals surface area contributed by atoms with E-state index in [4.69, 9.17) is 9.47 Å². The van der Waals surface area contributed by atoms with Crippen LogP contribution in [0.3, 0.4) is 0 Å². The fraction of sp³-hybridized carbons (Fsp3) is 0.765. The molecule has 0 aromatic heterocycles. The van der Waals surface area contributed by atoms with Crippen LogP contribution >= 0.6 is 0 Å². The van der Waals surface area contributed by atoms with Crippen molar-refractivity contribution in [3.63, 3.8) is 0 Å². The van der Waals surface area contributed by atoms with Gasteiger partial charge >= 0.3 is 11.9 Å². The van der Waals surface area contributed by atoms with Gasteiger partial charge in [0.05, 0.1) is 19.6 Å². The van der Waals surface area contributed by atoms with Gasteiger partial charge in [-0.1, -0.05) is 5.57 Å². The van der Waals surface area contributed by atoms with Crippen molar-refractivity contribution in [3.8, 4) is 0 Å². The molecule has 132 valence electrons. The Balaban J connectivity index is 3.23. The maximum Gasteiger partial charge on any atom is 0.334 e. The summed E-state index contributed by atoms with van der Waals surface area (Å²) in [6, 6.07) is 0. The molecule has 1 heterocycles. The molecule has 1 saturated heterocycles. The molecule has 0 amide bonds. The van der Waals surface area contributed by atoms with Crippen molar-refractivity contribution < 1.29 is 24.3 Å². The zero-order valence-corrected chi connectivity index (χ0v) is 15.1. The summed E-state index contributed by atoms with van der Waals surface area (Å²) >= 11 is 0. The molecular formula is C17H29NO5. The maximum atomic E-state index is 12.3. The number of carbonyl (C=O) groups is 2. The van der Waals surface area contributed by atoms with Crippen LogP contribution in [0.15, 0.2) is 11.1 Å². The number of esters is 2. The molecule has 1 aliphatic rings. The highest BCUT2D eigenvalue weighted by molar-refractivity contribution is 5.94. The fourth-order valence-electron chi connectivity index (χ4n) is 3.21. The summed E-state index contributed by atoms with van der Waals surface area (Å²) in [6.45, 7) is 11.6. The summed E-state index contributed by atoms with van der Waals surface area (Å²) in [5, 5.41) is 11.7. The van der Waals surface area contributed by atoms with Gasteiger partial charge in [0, 0.05) is 16.7 Å². The molecule has 0 spiro atoms. The van der Waals surface area contributed by atoms with Crippen LogP contribution in [0.5, 0.6) is 0 Å². The third kappa shape index (κ3) is 4.78. The fourth-order valence-corrected chi connectivity index (χ4v) is 3.21. The van der Waals surface area contributed by atoms with Gasteiger partial charge in [-0.05, 0) is 54.4 Å². The standard InChI is InChI=1S/C17H29NO5/c1-7-22-14(19)9-13(15(20)23-8-2)12-10-16(3,4)18(21)17(5,6)11-12/h21H,7-11H2,1-6H3. The van der Waals surface area contributed by atoms with Gasteiger partial charge in [-0.25, -0.2) is 4.79 Å². The van der Waals surface area contributed by atoms with Gasteiger partial charge in [0.1, 0.15) is 0 Å².